The van der Waals surface area contributed by atoms with E-state index in [1.54, 1.807) is 0 Å². The number of hydrogen-bond acceptors (Lipinski definition) is 2. The summed E-state index contributed by atoms with van der Waals surface area (Å²) >= 11 is 0. The summed E-state index contributed by atoms with van der Waals surface area (Å²) in [6, 6.07) is 0.0751. The Kier molecular flexibility index (Phi) is 1.09. The predicted octanol–water partition coefficient (Wildman–Crippen LogP) is -0.693. The molecule has 1 aliphatic rings. The molecule has 1 aliphatic heterocycles. The summed E-state index contributed by atoms with van der Waals surface area (Å²) in [5.41, 5.74) is 5.30. The van der Waals surface area contributed by atoms with Crippen LogP contribution in [0.1, 0.15) is 0 Å². The Morgan fingerprint density at radius 1 is 1.75 bits per heavy atom. The monoisotopic (exact) mass is 116 g/mol. The van der Waals surface area contributed by atoms with Gasteiger partial charge in [-0.25, -0.2) is 4.79 Å². The van der Waals surface area contributed by atoms with Gasteiger partial charge in [-0.1, -0.05) is 0 Å². The van der Waals surface area contributed by atoms with Gasteiger partial charge in [-0.15, -0.1) is 0 Å². The van der Waals surface area contributed by atoms with Crippen LogP contribution >= 0.6 is 0 Å². The topological polar surface area (TPSA) is 66.6 Å². The molecule has 4 heteroatoms. The molecule has 0 atom stereocenters. The van der Waals surface area contributed by atoms with Crippen LogP contribution in [0.25, 0.3) is 0 Å². The van der Waals surface area contributed by atoms with Crippen molar-refractivity contribution < 1.29 is 9.90 Å². The van der Waals surface area contributed by atoms with Gasteiger partial charge in [0.15, 0.2) is 0 Å². The summed E-state index contributed by atoms with van der Waals surface area (Å²) in [7, 11) is 0. The van der Waals surface area contributed by atoms with Crippen LogP contribution in [0.2, 0.25) is 0 Å². The minimum atomic E-state index is -0.869. The third-order valence-electron chi connectivity index (χ3n) is 1.18. The molecule has 0 aromatic heterocycles. The zero-order valence-electron chi connectivity index (χ0n) is 4.37. The van der Waals surface area contributed by atoms with Gasteiger partial charge in [-0.05, 0) is 0 Å². The molecule has 0 bridgehead atoms. The lowest BCUT2D eigenvalue weighted by atomic mass is 10.1. The summed E-state index contributed by atoms with van der Waals surface area (Å²) in [6.45, 7) is 0.991. The molecular formula is C4H8N2O2. The number of hydrogen-bond donors (Lipinski definition) is 2. The maximum Gasteiger partial charge on any atom is 0.407 e. The molecule has 0 radical (unpaired) electrons. The second-order valence-electron chi connectivity index (χ2n) is 1.95. The molecule has 0 aromatic carbocycles. The average molecular weight is 116 g/mol. The Morgan fingerprint density at radius 2 is 2.25 bits per heavy atom. The number of carbonyl (C=O) groups is 1. The molecule has 0 saturated carbocycles. The molecule has 0 aromatic rings. The van der Waals surface area contributed by atoms with Crippen LogP contribution in [0.4, 0.5) is 4.79 Å². The van der Waals surface area contributed by atoms with E-state index in [0.717, 1.165) is 0 Å². The fourth-order valence-electron chi connectivity index (χ4n) is 0.669. The molecule has 1 rings (SSSR count). The van der Waals surface area contributed by atoms with E-state index >= 15 is 0 Å². The van der Waals surface area contributed by atoms with Crippen molar-refractivity contribution in [3.63, 3.8) is 0 Å². The summed E-state index contributed by atoms with van der Waals surface area (Å²) in [6.07, 6.45) is -0.869. The summed E-state index contributed by atoms with van der Waals surface area (Å²) in [4.78, 5) is 11.3. The van der Waals surface area contributed by atoms with Gasteiger partial charge in [0.1, 0.15) is 0 Å². The minimum absolute atomic E-state index is 0.0751. The zero-order chi connectivity index (χ0) is 6.15. The highest BCUT2D eigenvalue weighted by Gasteiger charge is 2.26. The van der Waals surface area contributed by atoms with E-state index in [1.807, 2.05) is 0 Å². The molecule has 1 fully saturated rings. The zero-order valence-corrected chi connectivity index (χ0v) is 4.37. The van der Waals surface area contributed by atoms with Crippen molar-refractivity contribution in [1.29, 1.82) is 0 Å². The highest BCUT2D eigenvalue weighted by atomic mass is 16.4. The van der Waals surface area contributed by atoms with Crippen LogP contribution in [0, 0.1) is 0 Å². The van der Waals surface area contributed by atoms with Gasteiger partial charge in [0.2, 0.25) is 0 Å². The Bertz CT molecular complexity index is 109. The smallest absolute Gasteiger partial charge is 0.407 e. The lowest BCUT2D eigenvalue weighted by Gasteiger charge is -2.33. The van der Waals surface area contributed by atoms with Crippen LogP contribution in [0.3, 0.4) is 0 Å². The Morgan fingerprint density at radius 3 is 2.38 bits per heavy atom. The van der Waals surface area contributed by atoms with E-state index in [-0.39, 0.29) is 6.04 Å². The maximum atomic E-state index is 10.00. The first-order chi connectivity index (χ1) is 3.70. The normalized spacial score (nSPS) is 20.4. The van der Waals surface area contributed by atoms with E-state index < -0.39 is 6.09 Å². The maximum absolute atomic E-state index is 10.00. The summed E-state index contributed by atoms with van der Waals surface area (Å²) in [5.74, 6) is 0. The molecule has 4 nitrogen and oxygen atoms in total. The van der Waals surface area contributed by atoms with E-state index in [9.17, 15) is 4.79 Å². The fourth-order valence-corrected chi connectivity index (χ4v) is 0.669. The van der Waals surface area contributed by atoms with Crippen molar-refractivity contribution >= 4 is 6.09 Å². The summed E-state index contributed by atoms with van der Waals surface area (Å²) < 4.78 is 0. The van der Waals surface area contributed by atoms with Crippen molar-refractivity contribution in [2.45, 2.75) is 6.04 Å². The number of carboxylic acid groups (broad SMARTS) is 1. The third-order valence-corrected chi connectivity index (χ3v) is 1.18. The molecule has 1 saturated heterocycles. The van der Waals surface area contributed by atoms with Crippen molar-refractivity contribution in [3.8, 4) is 0 Å². The number of nitrogens with two attached hydrogens (primary N) is 1. The average Bonchev–Trinajstić information content (AvgIpc) is 1.57. The Labute approximate surface area is 46.9 Å². The first-order valence-electron chi connectivity index (χ1n) is 2.43. The molecule has 3 N–H and O–H groups in total. The van der Waals surface area contributed by atoms with Gasteiger partial charge >= 0.3 is 6.09 Å². The van der Waals surface area contributed by atoms with E-state index in [2.05, 4.69) is 0 Å². The van der Waals surface area contributed by atoms with Crippen molar-refractivity contribution in [3.05, 3.63) is 0 Å². The van der Waals surface area contributed by atoms with Gasteiger partial charge in [-0.2, -0.15) is 0 Å². The van der Waals surface area contributed by atoms with E-state index in [0.29, 0.717) is 13.1 Å². The molecule has 8 heavy (non-hydrogen) atoms. The molecule has 1 heterocycles. The third kappa shape index (κ3) is 0.742. The van der Waals surface area contributed by atoms with Gasteiger partial charge < -0.3 is 15.7 Å². The highest BCUT2D eigenvalue weighted by Crippen LogP contribution is 2.03. The van der Waals surface area contributed by atoms with Crippen LogP contribution in [-0.4, -0.2) is 35.2 Å². The SMILES string of the molecule is NC1CN(C(=O)O)C1. The van der Waals surface area contributed by atoms with Crippen molar-refractivity contribution in [2.24, 2.45) is 5.73 Å². The Balaban J connectivity index is 2.25. The van der Waals surface area contributed by atoms with Crippen LogP contribution < -0.4 is 5.73 Å². The summed E-state index contributed by atoms with van der Waals surface area (Å²) in [5, 5.41) is 8.22. The second kappa shape index (κ2) is 1.63. The molecule has 0 aliphatic carbocycles. The first kappa shape index (κ1) is 5.37. The van der Waals surface area contributed by atoms with Crippen molar-refractivity contribution in [1.82, 2.24) is 4.90 Å². The molecule has 1 amide bonds. The van der Waals surface area contributed by atoms with Crippen molar-refractivity contribution in [2.75, 3.05) is 13.1 Å². The number of likely N-dealkylation sites (tertiary alicyclic amines) is 1. The van der Waals surface area contributed by atoms with Gasteiger partial charge in [0, 0.05) is 19.1 Å². The highest BCUT2D eigenvalue weighted by molar-refractivity contribution is 5.66. The van der Waals surface area contributed by atoms with E-state index in [4.69, 9.17) is 10.8 Å². The lowest BCUT2D eigenvalue weighted by molar-refractivity contribution is 0.107. The molecule has 0 unspecified atom stereocenters. The van der Waals surface area contributed by atoms with Crippen LogP contribution in [-0.2, 0) is 0 Å². The number of nitrogens with zero attached hydrogens (tertiary/aromatic N) is 1. The molecule has 0 spiro atoms. The fraction of sp³-hybridized carbons (Fsp3) is 0.750. The standard InChI is InChI=1S/C4H8N2O2/c5-3-1-6(2-3)4(7)8/h3H,1-2,5H2,(H,7,8). The molecule has 46 valence electrons. The van der Waals surface area contributed by atoms with E-state index in [1.165, 1.54) is 4.90 Å². The van der Waals surface area contributed by atoms with Crippen LogP contribution in [0.5, 0.6) is 0 Å². The first-order valence-corrected chi connectivity index (χ1v) is 2.43. The largest absolute Gasteiger partial charge is 0.465 e. The molecular weight excluding hydrogens is 108 g/mol. The van der Waals surface area contributed by atoms with Gasteiger partial charge in [-0.3, -0.25) is 0 Å². The predicted molar refractivity (Wildman–Crippen MR) is 27.6 cm³/mol. The van der Waals surface area contributed by atoms with Gasteiger partial charge in [0.05, 0.1) is 0 Å². The quantitative estimate of drug-likeness (QED) is 0.440. The second-order valence-corrected chi connectivity index (χ2v) is 1.95. The van der Waals surface area contributed by atoms with Gasteiger partial charge in [0.25, 0.3) is 0 Å². The lowest BCUT2D eigenvalue weighted by Crippen LogP contribution is -2.57. The number of amides is 1. The number of rotatable bonds is 0. The minimum Gasteiger partial charge on any atom is -0.465 e. The Hall–Kier alpha value is -0.770. The van der Waals surface area contributed by atoms with Crippen LogP contribution in [0.15, 0.2) is 0 Å².